The third-order valence-electron chi connectivity index (χ3n) is 1.80. The predicted molar refractivity (Wildman–Crippen MR) is 42.3 cm³/mol. The minimum atomic E-state index is 0.414. The fourth-order valence-corrected chi connectivity index (χ4v) is 1.19. The van der Waals surface area contributed by atoms with Crippen molar-refractivity contribution < 1.29 is 0 Å². The van der Waals surface area contributed by atoms with E-state index < -0.39 is 0 Å². The van der Waals surface area contributed by atoms with Gasteiger partial charge in [0.2, 0.25) is 0 Å². The molecule has 0 aromatic rings. The van der Waals surface area contributed by atoms with Gasteiger partial charge in [-0.15, -0.1) is 0 Å². The second kappa shape index (κ2) is 1.90. The molecule has 2 heteroatoms. The molecule has 0 spiro atoms. The van der Waals surface area contributed by atoms with Gasteiger partial charge in [0.1, 0.15) is 0 Å². The maximum absolute atomic E-state index is 4.19. The van der Waals surface area contributed by atoms with Crippen LogP contribution in [0.25, 0.3) is 0 Å². The van der Waals surface area contributed by atoms with Gasteiger partial charge in [0, 0.05) is 24.5 Å². The molecule has 0 saturated carbocycles. The molecule has 10 heavy (non-hydrogen) atoms. The molecular formula is C8H8N2. The van der Waals surface area contributed by atoms with Crippen molar-refractivity contribution >= 4 is 11.9 Å². The minimum absolute atomic E-state index is 0.414. The summed E-state index contributed by atoms with van der Waals surface area (Å²) in [6.07, 6.45) is 7.61. The standard InChI is InChI=1S/C8H8N2/c1-6-4-10-8-5-9-3-2-7(6)8/h2-5,7H,1H3. The molecule has 0 N–H and O–H groups in total. The highest BCUT2D eigenvalue weighted by atomic mass is 14.8. The third-order valence-corrected chi connectivity index (χ3v) is 1.80. The number of rotatable bonds is 0. The van der Waals surface area contributed by atoms with E-state index in [0.29, 0.717) is 5.92 Å². The Bertz CT molecular complexity index is 269. The first kappa shape index (κ1) is 5.59. The molecule has 1 unspecified atom stereocenters. The van der Waals surface area contributed by atoms with Crippen LogP contribution in [-0.2, 0) is 0 Å². The van der Waals surface area contributed by atoms with Crippen LogP contribution in [-0.4, -0.2) is 11.9 Å². The molecule has 2 rings (SSSR count). The summed E-state index contributed by atoms with van der Waals surface area (Å²) in [4.78, 5) is 8.18. The molecule has 2 aliphatic heterocycles. The molecule has 0 bridgehead atoms. The van der Waals surface area contributed by atoms with Gasteiger partial charge < -0.3 is 0 Å². The zero-order valence-electron chi connectivity index (χ0n) is 5.78. The average molecular weight is 132 g/mol. The highest BCUT2D eigenvalue weighted by Gasteiger charge is 2.18. The Morgan fingerprint density at radius 2 is 2.40 bits per heavy atom. The molecule has 2 heterocycles. The van der Waals surface area contributed by atoms with Crippen molar-refractivity contribution in [3.05, 3.63) is 24.0 Å². The van der Waals surface area contributed by atoms with E-state index in [1.165, 1.54) is 5.57 Å². The molecule has 0 aliphatic carbocycles. The number of fused-ring (bicyclic) bond motifs is 1. The van der Waals surface area contributed by atoms with Crippen molar-refractivity contribution in [2.45, 2.75) is 6.92 Å². The van der Waals surface area contributed by atoms with Crippen molar-refractivity contribution in [1.29, 1.82) is 0 Å². The maximum atomic E-state index is 4.19. The van der Waals surface area contributed by atoms with Gasteiger partial charge in [-0.3, -0.25) is 9.98 Å². The SMILES string of the molecule is CC1=CN=C2C=NC=CC12. The van der Waals surface area contributed by atoms with Crippen LogP contribution in [0.4, 0.5) is 0 Å². The monoisotopic (exact) mass is 132 g/mol. The van der Waals surface area contributed by atoms with Gasteiger partial charge in [-0.05, 0) is 12.5 Å². The van der Waals surface area contributed by atoms with Gasteiger partial charge >= 0.3 is 0 Å². The lowest BCUT2D eigenvalue weighted by atomic mass is 9.97. The van der Waals surface area contributed by atoms with Crippen LogP contribution < -0.4 is 0 Å². The molecule has 0 aromatic heterocycles. The first-order chi connectivity index (χ1) is 4.88. The molecule has 0 aromatic carbocycles. The Hall–Kier alpha value is -1.18. The van der Waals surface area contributed by atoms with Gasteiger partial charge in [-0.1, -0.05) is 6.08 Å². The fourth-order valence-electron chi connectivity index (χ4n) is 1.19. The molecule has 1 atom stereocenters. The van der Waals surface area contributed by atoms with Gasteiger partial charge in [0.05, 0.1) is 5.71 Å². The first-order valence-electron chi connectivity index (χ1n) is 3.32. The van der Waals surface area contributed by atoms with Crippen LogP contribution in [0, 0.1) is 5.92 Å². The van der Waals surface area contributed by atoms with Crippen LogP contribution in [0.3, 0.4) is 0 Å². The summed E-state index contributed by atoms with van der Waals surface area (Å²) in [5, 5.41) is 0. The minimum Gasteiger partial charge on any atom is -0.263 e. The van der Waals surface area contributed by atoms with E-state index in [1.54, 1.807) is 0 Å². The smallest absolute Gasteiger partial charge is 0.0696 e. The van der Waals surface area contributed by atoms with Gasteiger partial charge in [-0.25, -0.2) is 0 Å². The van der Waals surface area contributed by atoms with E-state index in [-0.39, 0.29) is 0 Å². The zero-order valence-corrected chi connectivity index (χ0v) is 5.78. The summed E-state index contributed by atoms with van der Waals surface area (Å²) in [6.45, 7) is 2.09. The maximum Gasteiger partial charge on any atom is 0.0696 e. The molecule has 2 aliphatic rings. The summed E-state index contributed by atoms with van der Waals surface area (Å²) < 4.78 is 0. The predicted octanol–water partition coefficient (Wildman–Crippen LogP) is 1.56. The van der Waals surface area contributed by atoms with Crippen molar-refractivity contribution in [2.75, 3.05) is 0 Å². The van der Waals surface area contributed by atoms with Crippen molar-refractivity contribution in [1.82, 2.24) is 0 Å². The number of hydrogen-bond acceptors (Lipinski definition) is 2. The van der Waals surface area contributed by atoms with Crippen molar-refractivity contribution in [3.63, 3.8) is 0 Å². The van der Waals surface area contributed by atoms with E-state index in [2.05, 4.69) is 23.0 Å². The van der Waals surface area contributed by atoms with E-state index in [9.17, 15) is 0 Å². The molecule has 0 amide bonds. The lowest BCUT2D eigenvalue weighted by Crippen LogP contribution is -2.12. The van der Waals surface area contributed by atoms with E-state index in [4.69, 9.17) is 0 Å². The summed E-state index contributed by atoms with van der Waals surface area (Å²) in [5.41, 5.74) is 2.37. The first-order valence-corrected chi connectivity index (χ1v) is 3.32. The second-order valence-corrected chi connectivity index (χ2v) is 2.52. The molecule has 50 valence electrons. The third kappa shape index (κ3) is 0.652. The quantitative estimate of drug-likeness (QED) is 0.478. The van der Waals surface area contributed by atoms with Crippen LogP contribution in [0.15, 0.2) is 34.0 Å². The van der Waals surface area contributed by atoms with Crippen molar-refractivity contribution in [2.24, 2.45) is 15.9 Å². The van der Waals surface area contributed by atoms with E-state index >= 15 is 0 Å². The van der Waals surface area contributed by atoms with Gasteiger partial charge in [0.25, 0.3) is 0 Å². The molecule has 0 radical (unpaired) electrons. The lowest BCUT2D eigenvalue weighted by Gasteiger charge is -2.08. The van der Waals surface area contributed by atoms with Crippen LogP contribution in [0.1, 0.15) is 6.92 Å². The summed E-state index contributed by atoms with van der Waals surface area (Å²) >= 11 is 0. The second-order valence-electron chi connectivity index (χ2n) is 2.52. The number of aliphatic imine (C=N–C) groups is 2. The topological polar surface area (TPSA) is 24.7 Å². The molecule has 0 fully saturated rings. The van der Waals surface area contributed by atoms with Crippen LogP contribution in [0.2, 0.25) is 0 Å². The Morgan fingerprint density at radius 1 is 1.50 bits per heavy atom. The van der Waals surface area contributed by atoms with Crippen LogP contribution in [0.5, 0.6) is 0 Å². The molecule has 0 saturated heterocycles. The summed E-state index contributed by atoms with van der Waals surface area (Å²) in [5.74, 6) is 0.414. The Morgan fingerprint density at radius 3 is 3.20 bits per heavy atom. The van der Waals surface area contributed by atoms with Crippen molar-refractivity contribution in [3.8, 4) is 0 Å². The zero-order chi connectivity index (χ0) is 6.97. The number of allylic oxidation sites excluding steroid dienone is 2. The fraction of sp³-hybridized carbons (Fsp3) is 0.250. The molecular weight excluding hydrogens is 124 g/mol. The Balaban J connectivity index is 2.39. The molecule has 2 nitrogen and oxygen atoms in total. The summed E-state index contributed by atoms with van der Waals surface area (Å²) in [7, 11) is 0. The van der Waals surface area contributed by atoms with Gasteiger partial charge in [-0.2, -0.15) is 0 Å². The van der Waals surface area contributed by atoms with E-state index in [1.807, 2.05) is 18.6 Å². The number of hydrogen-bond donors (Lipinski definition) is 0. The summed E-state index contributed by atoms with van der Waals surface area (Å²) in [6, 6.07) is 0. The average Bonchev–Trinajstić information content (AvgIpc) is 2.34. The van der Waals surface area contributed by atoms with Crippen LogP contribution >= 0.6 is 0 Å². The normalized spacial score (nSPS) is 27.9. The largest absolute Gasteiger partial charge is 0.263 e. The highest BCUT2D eigenvalue weighted by Crippen LogP contribution is 2.21. The highest BCUT2D eigenvalue weighted by molar-refractivity contribution is 6.34. The number of nitrogens with zero attached hydrogens (tertiary/aromatic N) is 2. The Kier molecular flexibility index (Phi) is 1.07. The lowest BCUT2D eigenvalue weighted by molar-refractivity contribution is 1.05. The van der Waals surface area contributed by atoms with E-state index in [0.717, 1.165) is 5.71 Å². The Labute approximate surface area is 59.7 Å². The van der Waals surface area contributed by atoms with Gasteiger partial charge in [0.15, 0.2) is 0 Å².